The van der Waals surface area contributed by atoms with Crippen molar-refractivity contribution < 1.29 is 19.4 Å². The summed E-state index contributed by atoms with van der Waals surface area (Å²) in [7, 11) is 1.33. The topological polar surface area (TPSA) is 55.8 Å². The van der Waals surface area contributed by atoms with E-state index in [1.54, 1.807) is 12.1 Å². The third-order valence-corrected chi connectivity index (χ3v) is 4.31. The maximum absolute atomic E-state index is 12.0. The number of carbonyl (C=O) groups is 1. The van der Waals surface area contributed by atoms with E-state index < -0.39 is 18.0 Å². The quantitative estimate of drug-likeness (QED) is 0.546. The number of ether oxygens (including phenoxy) is 2. The molecule has 2 rings (SSSR count). The van der Waals surface area contributed by atoms with Gasteiger partial charge >= 0.3 is 5.97 Å². The van der Waals surface area contributed by atoms with Crippen LogP contribution >= 0.6 is 15.9 Å². The van der Waals surface area contributed by atoms with Gasteiger partial charge in [0.05, 0.1) is 25.7 Å². The van der Waals surface area contributed by atoms with Gasteiger partial charge in [-0.3, -0.25) is 4.79 Å². The number of methoxy groups -OCH3 is 1. The van der Waals surface area contributed by atoms with Gasteiger partial charge in [-0.05, 0) is 29.7 Å². The van der Waals surface area contributed by atoms with E-state index >= 15 is 0 Å². The maximum Gasteiger partial charge on any atom is 0.311 e. The van der Waals surface area contributed by atoms with Crippen LogP contribution in [0.1, 0.15) is 23.7 Å². The molecule has 1 N–H and O–H groups in total. The minimum atomic E-state index is -0.925. The van der Waals surface area contributed by atoms with E-state index in [4.69, 9.17) is 9.47 Å². The van der Waals surface area contributed by atoms with Crippen LogP contribution in [-0.4, -0.2) is 24.8 Å². The Morgan fingerprint density at radius 3 is 2.42 bits per heavy atom. The summed E-state index contributed by atoms with van der Waals surface area (Å²) >= 11 is 3.35. The Morgan fingerprint density at radius 2 is 1.79 bits per heavy atom. The van der Waals surface area contributed by atoms with Gasteiger partial charge in [-0.15, -0.1) is 0 Å². The van der Waals surface area contributed by atoms with E-state index in [1.807, 2.05) is 42.5 Å². The molecule has 128 valence electrons. The molecule has 24 heavy (non-hydrogen) atoms. The van der Waals surface area contributed by atoms with Crippen molar-refractivity contribution in [2.45, 2.75) is 19.1 Å². The molecule has 2 aromatic carbocycles. The highest BCUT2D eigenvalue weighted by atomic mass is 79.9. The lowest BCUT2D eigenvalue weighted by molar-refractivity contribution is -0.150. The lowest BCUT2D eigenvalue weighted by atomic mass is 9.93. The Bertz CT molecular complexity index is 628. The molecule has 0 aliphatic carbocycles. The van der Waals surface area contributed by atoms with Gasteiger partial charge in [0.2, 0.25) is 0 Å². The van der Waals surface area contributed by atoms with Crippen LogP contribution < -0.4 is 0 Å². The van der Waals surface area contributed by atoms with E-state index in [0.29, 0.717) is 25.2 Å². The van der Waals surface area contributed by atoms with Gasteiger partial charge in [0.15, 0.2) is 0 Å². The summed E-state index contributed by atoms with van der Waals surface area (Å²) in [6.07, 6.45) is -0.539. The third kappa shape index (κ3) is 5.44. The van der Waals surface area contributed by atoms with Crippen molar-refractivity contribution in [2.75, 3.05) is 13.7 Å². The largest absolute Gasteiger partial charge is 0.469 e. The number of hydrogen-bond donors (Lipinski definition) is 1. The number of carbonyl (C=O) groups excluding carboxylic acids is 1. The first-order chi connectivity index (χ1) is 11.6. The average Bonchev–Trinajstić information content (AvgIpc) is 2.62. The number of halogens is 1. The molecule has 0 spiro atoms. The van der Waals surface area contributed by atoms with Crippen molar-refractivity contribution in [3.8, 4) is 0 Å². The molecule has 0 aromatic heterocycles. The molecule has 0 saturated carbocycles. The van der Waals surface area contributed by atoms with Crippen LogP contribution in [0.5, 0.6) is 0 Å². The molecule has 5 heteroatoms. The molecule has 0 amide bonds. The second-order valence-electron chi connectivity index (χ2n) is 5.45. The molecule has 2 atom stereocenters. The summed E-state index contributed by atoms with van der Waals surface area (Å²) in [5.74, 6) is -1.10. The van der Waals surface area contributed by atoms with Gasteiger partial charge in [0.25, 0.3) is 0 Å². The van der Waals surface area contributed by atoms with Gasteiger partial charge in [0, 0.05) is 11.1 Å². The zero-order valence-electron chi connectivity index (χ0n) is 13.5. The number of esters is 1. The predicted octanol–water partition coefficient (Wildman–Crippen LogP) is 3.88. The third-order valence-electron chi connectivity index (χ3n) is 3.78. The fourth-order valence-corrected chi connectivity index (χ4v) is 2.69. The second kappa shape index (κ2) is 9.57. The van der Waals surface area contributed by atoms with Gasteiger partial charge in [-0.1, -0.05) is 58.4 Å². The van der Waals surface area contributed by atoms with Gasteiger partial charge in [-0.2, -0.15) is 0 Å². The highest BCUT2D eigenvalue weighted by Gasteiger charge is 2.28. The van der Waals surface area contributed by atoms with Crippen LogP contribution in [0.4, 0.5) is 0 Å². The Kier molecular flexibility index (Phi) is 7.43. The minimum Gasteiger partial charge on any atom is -0.469 e. The summed E-state index contributed by atoms with van der Waals surface area (Å²) < 4.78 is 11.4. The van der Waals surface area contributed by atoms with Crippen LogP contribution in [-0.2, 0) is 20.9 Å². The predicted molar refractivity (Wildman–Crippen MR) is 95.3 cm³/mol. The Balaban J connectivity index is 1.92. The average molecular weight is 393 g/mol. The molecular formula is C19H21BrO4. The number of aliphatic hydroxyl groups excluding tert-OH is 1. The smallest absolute Gasteiger partial charge is 0.311 e. The van der Waals surface area contributed by atoms with Crippen molar-refractivity contribution >= 4 is 21.9 Å². The minimum absolute atomic E-state index is 0.363. The molecule has 0 fully saturated rings. The number of hydrogen-bond acceptors (Lipinski definition) is 4. The lowest BCUT2D eigenvalue weighted by Crippen LogP contribution is -2.25. The lowest BCUT2D eigenvalue weighted by Gasteiger charge is -2.21. The van der Waals surface area contributed by atoms with E-state index in [9.17, 15) is 9.90 Å². The zero-order valence-corrected chi connectivity index (χ0v) is 15.1. The van der Waals surface area contributed by atoms with Gasteiger partial charge < -0.3 is 14.6 Å². The zero-order chi connectivity index (χ0) is 17.4. The van der Waals surface area contributed by atoms with E-state index in [-0.39, 0.29) is 0 Å². The first-order valence-corrected chi connectivity index (χ1v) is 8.54. The Hall–Kier alpha value is -1.69. The van der Waals surface area contributed by atoms with Crippen molar-refractivity contribution in [3.63, 3.8) is 0 Å². The highest BCUT2D eigenvalue weighted by Crippen LogP contribution is 2.27. The van der Waals surface area contributed by atoms with Crippen LogP contribution in [0.25, 0.3) is 0 Å². The molecule has 0 heterocycles. The molecular weight excluding hydrogens is 372 g/mol. The summed E-state index contributed by atoms with van der Waals surface area (Å²) in [5.41, 5.74) is 1.75. The summed E-state index contributed by atoms with van der Waals surface area (Å²) in [6.45, 7) is 0.839. The van der Waals surface area contributed by atoms with Crippen LogP contribution in [0.15, 0.2) is 59.1 Å². The normalized spacial score (nSPS) is 13.3. The molecule has 2 aromatic rings. The molecule has 2 unspecified atom stereocenters. The van der Waals surface area contributed by atoms with Crippen LogP contribution in [0.2, 0.25) is 0 Å². The van der Waals surface area contributed by atoms with E-state index in [1.165, 1.54) is 7.11 Å². The van der Waals surface area contributed by atoms with Crippen molar-refractivity contribution in [1.82, 2.24) is 0 Å². The van der Waals surface area contributed by atoms with Gasteiger partial charge in [0.1, 0.15) is 0 Å². The second-order valence-corrected chi connectivity index (χ2v) is 6.37. The highest BCUT2D eigenvalue weighted by molar-refractivity contribution is 9.10. The summed E-state index contributed by atoms with van der Waals surface area (Å²) in [6, 6.07) is 17.1. The standard InChI is InChI=1S/C19H21BrO4/c1-23-19(22)17(18(21)15-7-9-16(20)10-8-15)11-12-24-13-14-5-3-2-4-6-14/h2-10,17-18,21H,11-13H2,1H3. The van der Waals surface area contributed by atoms with Gasteiger partial charge in [-0.25, -0.2) is 0 Å². The van der Waals surface area contributed by atoms with Crippen molar-refractivity contribution in [3.05, 3.63) is 70.2 Å². The molecule has 0 bridgehead atoms. The monoisotopic (exact) mass is 392 g/mol. The van der Waals surface area contributed by atoms with E-state index in [0.717, 1.165) is 10.0 Å². The molecule has 0 saturated heterocycles. The Morgan fingerprint density at radius 1 is 1.12 bits per heavy atom. The molecule has 4 nitrogen and oxygen atoms in total. The number of aliphatic hydroxyl groups is 1. The van der Waals surface area contributed by atoms with Crippen molar-refractivity contribution in [1.29, 1.82) is 0 Å². The molecule has 0 aliphatic rings. The van der Waals surface area contributed by atoms with Crippen molar-refractivity contribution in [2.24, 2.45) is 5.92 Å². The molecule has 0 radical (unpaired) electrons. The van der Waals surface area contributed by atoms with Crippen LogP contribution in [0.3, 0.4) is 0 Å². The van der Waals surface area contributed by atoms with E-state index in [2.05, 4.69) is 15.9 Å². The molecule has 0 aliphatic heterocycles. The Labute approximate surface area is 150 Å². The number of rotatable bonds is 8. The first kappa shape index (κ1) is 18.6. The summed E-state index contributed by atoms with van der Waals surface area (Å²) in [4.78, 5) is 12.0. The SMILES string of the molecule is COC(=O)C(CCOCc1ccccc1)C(O)c1ccc(Br)cc1. The maximum atomic E-state index is 12.0. The fraction of sp³-hybridized carbons (Fsp3) is 0.316. The first-order valence-electron chi connectivity index (χ1n) is 7.75. The van der Waals surface area contributed by atoms with Crippen LogP contribution in [0, 0.1) is 5.92 Å². The number of benzene rings is 2. The fourth-order valence-electron chi connectivity index (χ4n) is 2.42. The summed E-state index contributed by atoms with van der Waals surface area (Å²) in [5, 5.41) is 10.5.